The van der Waals surface area contributed by atoms with E-state index >= 15 is 0 Å². The van der Waals surface area contributed by atoms with E-state index in [1.54, 1.807) is 12.1 Å². The number of methoxy groups -OCH3 is 1. The fourth-order valence-corrected chi connectivity index (χ4v) is 2.26. The lowest BCUT2D eigenvalue weighted by Gasteiger charge is -2.10. The van der Waals surface area contributed by atoms with Gasteiger partial charge in [0.05, 0.1) is 19.6 Å². The molecule has 0 fully saturated rings. The Balaban J connectivity index is 3.03. The molecule has 1 aromatic carbocycles. The van der Waals surface area contributed by atoms with E-state index in [0.717, 1.165) is 5.56 Å². The maximum Gasteiger partial charge on any atom is 0.334 e. The van der Waals surface area contributed by atoms with Crippen molar-refractivity contribution in [1.29, 1.82) is 0 Å². The summed E-state index contributed by atoms with van der Waals surface area (Å²) in [5.74, 6) is -0.624. The topological polar surface area (TPSA) is 89.6 Å². The van der Waals surface area contributed by atoms with Crippen LogP contribution in [0.15, 0.2) is 35.9 Å². The molecule has 5 nitrogen and oxygen atoms in total. The van der Waals surface area contributed by atoms with Crippen molar-refractivity contribution in [1.82, 2.24) is 0 Å². The summed E-state index contributed by atoms with van der Waals surface area (Å²) in [5, 5.41) is 0. The first-order chi connectivity index (χ1) is 8.48. The number of carbonyl (C=O) groups is 1. The normalized spacial score (nSPS) is 14.9. The molecule has 0 spiro atoms. The molecule has 0 saturated carbocycles. The second kappa shape index (κ2) is 6.50. The van der Waals surface area contributed by atoms with Crippen molar-refractivity contribution >= 4 is 19.4 Å². The summed E-state index contributed by atoms with van der Waals surface area (Å²) in [6.45, 7) is 0. The number of esters is 1. The largest absolute Gasteiger partial charge is 0.466 e. The summed E-state index contributed by atoms with van der Waals surface area (Å²) in [6.07, 6.45) is 0.881. The van der Waals surface area contributed by atoms with Crippen molar-refractivity contribution in [2.24, 2.45) is 5.73 Å². The third-order valence-electron chi connectivity index (χ3n) is 2.29. The summed E-state index contributed by atoms with van der Waals surface area (Å²) in [6, 6.07) is 9.03. The molecule has 3 N–H and O–H groups in total. The van der Waals surface area contributed by atoms with Crippen LogP contribution in [0.2, 0.25) is 0 Å². The number of nitrogens with two attached hydrogens (primary N) is 1. The Morgan fingerprint density at radius 1 is 1.44 bits per heavy atom. The molecule has 1 rings (SSSR count). The van der Waals surface area contributed by atoms with Gasteiger partial charge in [0.25, 0.3) is 0 Å². The zero-order valence-corrected chi connectivity index (χ0v) is 11.0. The lowest BCUT2D eigenvalue weighted by molar-refractivity contribution is -0.135. The molecule has 0 saturated heterocycles. The molecule has 98 valence electrons. The van der Waals surface area contributed by atoms with Crippen molar-refractivity contribution in [3.05, 3.63) is 41.5 Å². The van der Waals surface area contributed by atoms with Gasteiger partial charge in [-0.2, -0.15) is 0 Å². The van der Waals surface area contributed by atoms with Gasteiger partial charge in [-0.05, 0) is 11.6 Å². The van der Waals surface area contributed by atoms with Gasteiger partial charge in [0.1, 0.15) is 0 Å². The number of benzene rings is 1. The van der Waals surface area contributed by atoms with Crippen LogP contribution >= 0.6 is 7.37 Å². The van der Waals surface area contributed by atoms with E-state index < -0.39 is 13.3 Å². The maximum atomic E-state index is 11.6. The molecular formula is C12H16NO4P. The molecule has 6 heteroatoms. The molecular weight excluding hydrogens is 253 g/mol. The van der Waals surface area contributed by atoms with Crippen molar-refractivity contribution in [3.63, 3.8) is 0 Å². The molecule has 0 bridgehead atoms. The van der Waals surface area contributed by atoms with Gasteiger partial charge >= 0.3 is 5.97 Å². The second-order valence-electron chi connectivity index (χ2n) is 3.76. The third kappa shape index (κ3) is 4.45. The highest BCUT2D eigenvalue weighted by Gasteiger charge is 2.22. The molecule has 0 heterocycles. The van der Waals surface area contributed by atoms with E-state index in [1.165, 1.54) is 13.2 Å². The van der Waals surface area contributed by atoms with Crippen LogP contribution in [-0.2, 0) is 14.1 Å². The van der Waals surface area contributed by atoms with Crippen LogP contribution in [0.5, 0.6) is 0 Å². The van der Waals surface area contributed by atoms with Gasteiger partial charge in [0.2, 0.25) is 7.37 Å². The van der Waals surface area contributed by atoms with E-state index in [2.05, 4.69) is 4.74 Å². The van der Waals surface area contributed by atoms with E-state index in [-0.39, 0.29) is 18.0 Å². The average molecular weight is 269 g/mol. The molecule has 0 radical (unpaired) electrons. The average Bonchev–Trinajstić information content (AvgIpc) is 2.38. The fraction of sp³-hybridized carbons (Fsp3) is 0.250. The SMILES string of the molecule is COC(=O)/C(=C/c1ccccc1)CP(=O)(O)CN. The van der Waals surface area contributed by atoms with Crippen LogP contribution in [0, 0.1) is 0 Å². The van der Waals surface area contributed by atoms with Gasteiger partial charge in [0.15, 0.2) is 0 Å². The maximum absolute atomic E-state index is 11.6. The van der Waals surface area contributed by atoms with Gasteiger partial charge < -0.3 is 15.4 Å². The van der Waals surface area contributed by atoms with E-state index in [9.17, 15) is 14.3 Å². The first kappa shape index (κ1) is 14.6. The molecule has 0 aliphatic carbocycles. The molecule has 0 aromatic heterocycles. The van der Waals surface area contributed by atoms with Crippen LogP contribution in [0.1, 0.15) is 5.56 Å². The van der Waals surface area contributed by atoms with Crippen LogP contribution in [0.3, 0.4) is 0 Å². The van der Waals surface area contributed by atoms with Crippen molar-refractivity contribution in [2.45, 2.75) is 0 Å². The Morgan fingerprint density at radius 3 is 2.56 bits per heavy atom. The molecule has 1 unspecified atom stereocenters. The number of ether oxygens (including phenoxy) is 1. The van der Waals surface area contributed by atoms with Gasteiger partial charge in [-0.3, -0.25) is 4.57 Å². The highest BCUT2D eigenvalue weighted by Crippen LogP contribution is 2.40. The monoisotopic (exact) mass is 269 g/mol. The molecule has 1 atom stereocenters. The smallest absolute Gasteiger partial charge is 0.334 e. The van der Waals surface area contributed by atoms with Crippen LogP contribution in [0.25, 0.3) is 6.08 Å². The Hall–Kier alpha value is -1.42. The molecule has 1 aromatic rings. The quantitative estimate of drug-likeness (QED) is 0.479. The van der Waals surface area contributed by atoms with Gasteiger partial charge in [-0.1, -0.05) is 30.3 Å². The number of hydrogen-bond donors (Lipinski definition) is 2. The highest BCUT2D eigenvalue weighted by atomic mass is 31.2. The molecule has 0 aliphatic rings. The third-order valence-corrected chi connectivity index (χ3v) is 3.70. The van der Waals surface area contributed by atoms with Gasteiger partial charge in [-0.15, -0.1) is 0 Å². The zero-order valence-electron chi connectivity index (χ0n) is 10.1. The van der Waals surface area contributed by atoms with Gasteiger partial charge in [-0.25, -0.2) is 4.79 Å². The Labute approximate surface area is 106 Å². The predicted molar refractivity (Wildman–Crippen MR) is 70.2 cm³/mol. The van der Waals surface area contributed by atoms with E-state index in [0.29, 0.717) is 0 Å². The predicted octanol–water partition coefficient (Wildman–Crippen LogP) is 1.43. The summed E-state index contributed by atoms with van der Waals surface area (Å²) in [4.78, 5) is 21.0. The fourth-order valence-electron chi connectivity index (χ4n) is 1.38. The Kier molecular flexibility index (Phi) is 5.28. The minimum absolute atomic E-state index is 0.139. The number of rotatable bonds is 5. The zero-order chi connectivity index (χ0) is 13.6. The van der Waals surface area contributed by atoms with Gasteiger partial charge in [0, 0.05) is 5.57 Å². The summed E-state index contributed by atoms with van der Waals surface area (Å²) >= 11 is 0. The standard InChI is InChI=1S/C12H16NO4P/c1-17-12(14)11(8-18(15,16)9-13)7-10-5-3-2-4-6-10/h2-7H,8-9,13H2,1H3,(H,15,16)/b11-7+. The van der Waals surface area contributed by atoms with E-state index in [1.807, 2.05) is 18.2 Å². The van der Waals surface area contributed by atoms with Crippen LogP contribution < -0.4 is 5.73 Å². The Bertz CT molecular complexity index is 484. The second-order valence-corrected chi connectivity index (χ2v) is 6.13. The first-order valence-corrected chi connectivity index (χ1v) is 7.36. The first-order valence-electron chi connectivity index (χ1n) is 5.33. The molecule has 0 aliphatic heterocycles. The van der Waals surface area contributed by atoms with Crippen LogP contribution in [-0.4, -0.2) is 30.4 Å². The van der Waals surface area contributed by atoms with Crippen molar-refractivity contribution in [2.75, 3.05) is 19.6 Å². The highest BCUT2D eigenvalue weighted by molar-refractivity contribution is 7.58. The lowest BCUT2D eigenvalue weighted by Crippen LogP contribution is -2.12. The minimum Gasteiger partial charge on any atom is -0.466 e. The van der Waals surface area contributed by atoms with Crippen molar-refractivity contribution in [3.8, 4) is 0 Å². The lowest BCUT2D eigenvalue weighted by atomic mass is 10.1. The minimum atomic E-state index is -3.52. The van der Waals surface area contributed by atoms with Crippen LogP contribution in [0.4, 0.5) is 0 Å². The summed E-state index contributed by atoms with van der Waals surface area (Å²) < 4.78 is 16.2. The van der Waals surface area contributed by atoms with Crippen molar-refractivity contribution < 1.29 is 19.0 Å². The Morgan fingerprint density at radius 2 is 2.06 bits per heavy atom. The van der Waals surface area contributed by atoms with E-state index in [4.69, 9.17) is 5.73 Å². The molecule has 0 amide bonds. The summed E-state index contributed by atoms with van der Waals surface area (Å²) in [5.41, 5.74) is 6.10. The number of carbonyl (C=O) groups excluding carboxylic acids is 1. The molecule has 18 heavy (non-hydrogen) atoms. The summed E-state index contributed by atoms with van der Waals surface area (Å²) in [7, 11) is -2.30. The number of hydrogen-bond acceptors (Lipinski definition) is 4.